The molecule has 1 aliphatic heterocycles. The zero-order chi connectivity index (χ0) is 29.5. The molecule has 1 aromatic heterocycles. The summed E-state index contributed by atoms with van der Waals surface area (Å²) in [5.74, 6) is -0.224. The molecule has 214 valence electrons. The first-order valence-corrected chi connectivity index (χ1v) is 15.0. The van der Waals surface area contributed by atoms with Gasteiger partial charge >= 0.3 is 5.97 Å². The van der Waals surface area contributed by atoms with Crippen molar-refractivity contribution in [3.8, 4) is 22.7 Å². The number of carbonyl (C=O) groups is 2. The summed E-state index contributed by atoms with van der Waals surface area (Å²) in [6, 6.07) is 25.9. The van der Waals surface area contributed by atoms with Gasteiger partial charge in [0.05, 0.1) is 10.6 Å². The van der Waals surface area contributed by atoms with E-state index in [0.717, 1.165) is 40.2 Å². The minimum absolute atomic E-state index is 0.130. The van der Waals surface area contributed by atoms with E-state index in [0.29, 0.717) is 35.2 Å². The normalized spacial score (nSPS) is 14.1. The molecule has 0 bridgehead atoms. The largest absolute Gasteiger partial charge is 0.489 e. The zero-order valence-electron chi connectivity index (χ0n) is 23.2. The predicted octanol–water partition coefficient (Wildman–Crippen LogP) is 7.27. The van der Waals surface area contributed by atoms with Crippen molar-refractivity contribution < 1.29 is 19.4 Å². The Bertz CT molecular complexity index is 1610. The monoisotopic (exact) mass is 597 g/mol. The van der Waals surface area contributed by atoms with Crippen LogP contribution in [0.2, 0.25) is 0 Å². The van der Waals surface area contributed by atoms with Gasteiger partial charge in [-0.05, 0) is 55.7 Å². The first-order valence-electron chi connectivity index (χ1n) is 13.8. The summed E-state index contributed by atoms with van der Waals surface area (Å²) in [6.07, 6.45) is 5.90. The second-order valence-corrected chi connectivity index (χ2v) is 11.7. The second-order valence-electron chi connectivity index (χ2n) is 10.1. The van der Waals surface area contributed by atoms with Crippen molar-refractivity contribution in [3.05, 3.63) is 107 Å². The Kier molecular flexibility index (Phi) is 9.51. The van der Waals surface area contributed by atoms with Crippen LogP contribution in [0.15, 0.2) is 90.0 Å². The van der Waals surface area contributed by atoms with Gasteiger partial charge in [0.15, 0.2) is 0 Å². The van der Waals surface area contributed by atoms with E-state index < -0.39 is 5.97 Å². The number of carboxylic acid groups (broad SMARTS) is 1. The number of aryl methyl sites for hydroxylation is 1. The van der Waals surface area contributed by atoms with E-state index in [4.69, 9.17) is 27.2 Å². The Hall–Kier alpha value is -4.21. The number of aliphatic carboxylic acids is 1. The highest BCUT2D eigenvalue weighted by Gasteiger charge is 2.32. The van der Waals surface area contributed by atoms with E-state index in [1.165, 1.54) is 17.3 Å². The predicted molar refractivity (Wildman–Crippen MR) is 170 cm³/mol. The molecule has 0 aliphatic carbocycles. The van der Waals surface area contributed by atoms with Gasteiger partial charge < -0.3 is 9.84 Å². The highest BCUT2D eigenvalue weighted by molar-refractivity contribution is 8.26. The summed E-state index contributed by atoms with van der Waals surface area (Å²) < 4.78 is 8.42. The fourth-order valence-corrected chi connectivity index (χ4v) is 5.87. The lowest BCUT2D eigenvalue weighted by atomic mass is 10.1. The van der Waals surface area contributed by atoms with Crippen LogP contribution in [-0.4, -0.2) is 42.5 Å². The third-order valence-electron chi connectivity index (χ3n) is 6.83. The van der Waals surface area contributed by atoms with Crippen LogP contribution < -0.4 is 4.74 Å². The fraction of sp³-hybridized carbons (Fsp3) is 0.212. The number of unbranched alkanes of at least 4 members (excludes halogenated alkanes) is 2. The lowest BCUT2D eigenvalue weighted by Crippen LogP contribution is -2.29. The Labute approximate surface area is 254 Å². The Morgan fingerprint density at radius 2 is 1.81 bits per heavy atom. The van der Waals surface area contributed by atoms with Crippen LogP contribution in [0.3, 0.4) is 0 Å². The molecule has 0 spiro atoms. The van der Waals surface area contributed by atoms with Crippen molar-refractivity contribution >= 4 is 46.3 Å². The first-order chi connectivity index (χ1) is 20.4. The molecule has 3 aromatic carbocycles. The Morgan fingerprint density at radius 3 is 2.57 bits per heavy atom. The summed E-state index contributed by atoms with van der Waals surface area (Å²) >= 11 is 6.80. The van der Waals surface area contributed by atoms with Crippen LogP contribution in [0.25, 0.3) is 23.0 Å². The highest BCUT2D eigenvalue weighted by Crippen LogP contribution is 2.35. The molecule has 0 saturated carbocycles. The maximum atomic E-state index is 13.3. The van der Waals surface area contributed by atoms with Gasteiger partial charge in [-0.2, -0.15) is 5.10 Å². The van der Waals surface area contributed by atoms with E-state index in [1.807, 2.05) is 71.6 Å². The van der Waals surface area contributed by atoms with E-state index in [-0.39, 0.29) is 12.3 Å². The lowest BCUT2D eigenvalue weighted by molar-refractivity contribution is -0.137. The first kappa shape index (κ1) is 29.3. The van der Waals surface area contributed by atoms with Crippen molar-refractivity contribution in [3.63, 3.8) is 0 Å². The van der Waals surface area contributed by atoms with Gasteiger partial charge in [0.2, 0.25) is 0 Å². The summed E-state index contributed by atoms with van der Waals surface area (Å²) in [7, 11) is 0. The van der Waals surface area contributed by atoms with E-state index >= 15 is 0 Å². The summed E-state index contributed by atoms with van der Waals surface area (Å²) in [6.45, 7) is 2.98. The fourth-order valence-electron chi connectivity index (χ4n) is 4.57. The molecular formula is C33H31N3O4S2. The number of amides is 1. The van der Waals surface area contributed by atoms with Gasteiger partial charge in [-0.25, -0.2) is 4.68 Å². The van der Waals surface area contributed by atoms with Crippen LogP contribution in [-0.2, 0) is 16.2 Å². The second kappa shape index (κ2) is 13.6. The van der Waals surface area contributed by atoms with Crippen LogP contribution in [0.1, 0.15) is 42.4 Å². The van der Waals surface area contributed by atoms with E-state index in [1.54, 1.807) is 4.90 Å². The summed E-state index contributed by atoms with van der Waals surface area (Å²) in [4.78, 5) is 26.2. The quantitative estimate of drug-likeness (QED) is 0.104. The smallest absolute Gasteiger partial charge is 0.303 e. The molecule has 0 radical (unpaired) electrons. The van der Waals surface area contributed by atoms with Gasteiger partial charge in [0, 0.05) is 30.3 Å². The van der Waals surface area contributed by atoms with Crippen LogP contribution in [0, 0.1) is 6.92 Å². The van der Waals surface area contributed by atoms with Crippen LogP contribution in [0.4, 0.5) is 0 Å². The molecule has 1 fully saturated rings. The van der Waals surface area contributed by atoms with Gasteiger partial charge in [0.25, 0.3) is 5.91 Å². The molecule has 1 N–H and O–H groups in total. The molecule has 2 heterocycles. The molecule has 7 nitrogen and oxygen atoms in total. The molecule has 5 rings (SSSR count). The van der Waals surface area contributed by atoms with E-state index in [2.05, 4.69) is 31.2 Å². The van der Waals surface area contributed by atoms with Gasteiger partial charge in [-0.1, -0.05) is 90.6 Å². The third-order valence-corrected chi connectivity index (χ3v) is 8.21. The van der Waals surface area contributed by atoms with Crippen molar-refractivity contribution in [2.45, 2.75) is 39.2 Å². The number of aromatic nitrogens is 2. The summed E-state index contributed by atoms with van der Waals surface area (Å²) in [5.41, 5.74) is 5.57. The standard InChI is InChI=1S/C33H31N3O4S2/c1-23-14-16-24(17-15-23)22-40-28-12-8-9-25(19-28)31-26(21-36(34-31)27-10-4-2-5-11-27)20-29-32(39)35(33(41)42-29)18-7-3-6-13-30(37)38/h2,4-5,8-12,14-17,19-21H,3,6-7,13,18,22H2,1H3,(H,37,38)/b29-20-. The molecule has 42 heavy (non-hydrogen) atoms. The topological polar surface area (TPSA) is 84.7 Å². The number of nitrogens with zero attached hydrogens (tertiary/aromatic N) is 3. The van der Waals surface area contributed by atoms with Crippen molar-refractivity contribution in [1.82, 2.24) is 14.7 Å². The van der Waals surface area contributed by atoms with Crippen LogP contribution >= 0.6 is 24.0 Å². The molecule has 1 amide bonds. The average molecular weight is 598 g/mol. The van der Waals surface area contributed by atoms with Crippen molar-refractivity contribution in [1.29, 1.82) is 0 Å². The molecule has 4 aromatic rings. The number of para-hydroxylation sites is 1. The van der Waals surface area contributed by atoms with Crippen LogP contribution in [0.5, 0.6) is 5.75 Å². The molecule has 1 saturated heterocycles. The van der Waals surface area contributed by atoms with Gasteiger partial charge in [0.1, 0.15) is 22.4 Å². The molecule has 9 heteroatoms. The number of thioether (sulfide) groups is 1. The maximum Gasteiger partial charge on any atom is 0.303 e. The minimum Gasteiger partial charge on any atom is -0.489 e. The minimum atomic E-state index is -0.807. The number of thiocarbonyl (C=S) groups is 1. The molecule has 0 atom stereocenters. The SMILES string of the molecule is Cc1ccc(COc2cccc(-c3nn(-c4ccccc4)cc3/C=C3\SC(=S)N(CCCCCC(=O)O)C3=O)c2)cc1. The van der Waals surface area contributed by atoms with Crippen molar-refractivity contribution in [2.24, 2.45) is 0 Å². The molecular weight excluding hydrogens is 567 g/mol. The van der Waals surface area contributed by atoms with Gasteiger partial charge in [-0.15, -0.1) is 0 Å². The number of carbonyl (C=O) groups excluding carboxylic acids is 1. The average Bonchev–Trinajstić information content (AvgIpc) is 3.53. The van der Waals surface area contributed by atoms with Crippen molar-refractivity contribution in [2.75, 3.05) is 6.54 Å². The zero-order valence-corrected chi connectivity index (χ0v) is 24.9. The number of benzene rings is 3. The molecule has 0 unspecified atom stereocenters. The number of hydrogen-bond acceptors (Lipinski definition) is 6. The molecule has 1 aliphatic rings. The van der Waals surface area contributed by atoms with Gasteiger partial charge in [-0.3, -0.25) is 14.5 Å². The Morgan fingerprint density at radius 1 is 1.02 bits per heavy atom. The number of rotatable bonds is 12. The number of ether oxygens (including phenoxy) is 1. The number of hydrogen-bond donors (Lipinski definition) is 1. The maximum absolute atomic E-state index is 13.3. The number of carboxylic acids is 1. The highest BCUT2D eigenvalue weighted by atomic mass is 32.2. The summed E-state index contributed by atoms with van der Waals surface area (Å²) in [5, 5.41) is 13.8. The van der Waals surface area contributed by atoms with E-state index in [9.17, 15) is 9.59 Å². The Balaban J connectivity index is 1.39. The third kappa shape index (κ3) is 7.35. The lowest BCUT2D eigenvalue weighted by Gasteiger charge is -2.13.